The van der Waals surface area contributed by atoms with Crippen molar-refractivity contribution in [3.8, 4) is 11.1 Å². The van der Waals surface area contributed by atoms with Crippen LogP contribution in [0.4, 0.5) is 0 Å². The van der Waals surface area contributed by atoms with Gasteiger partial charge in [-0.25, -0.2) is 0 Å². The van der Waals surface area contributed by atoms with Crippen molar-refractivity contribution in [1.82, 2.24) is 9.78 Å². The van der Waals surface area contributed by atoms with Gasteiger partial charge in [-0.05, 0) is 24.3 Å². The van der Waals surface area contributed by atoms with Crippen LogP contribution in [0.3, 0.4) is 0 Å². The highest BCUT2D eigenvalue weighted by Gasteiger charge is 2.28. The highest BCUT2D eigenvalue weighted by molar-refractivity contribution is 5.61. The van der Waals surface area contributed by atoms with Crippen LogP contribution >= 0.6 is 0 Å². The Bertz CT molecular complexity index is 485. The fourth-order valence-electron chi connectivity index (χ4n) is 2.13. The van der Waals surface area contributed by atoms with Gasteiger partial charge in [0.05, 0.1) is 12.7 Å². The first-order chi connectivity index (χ1) is 8.33. The van der Waals surface area contributed by atoms with Gasteiger partial charge in [-0.2, -0.15) is 5.10 Å². The smallest absolute Gasteiger partial charge is 0.0568 e. The summed E-state index contributed by atoms with van der Waals surface area (Å²) in [4.78, 5) is 0. The van der Waals surface area contributed by atoms with E-state index in [1.54, 1.807) is 0 Å². The van der Waals surface area contributed by atoms with E-state index in [1.165, 1.54) is 18.4 Å². The molecule has 17 heavy (non-hydrogen) atoms. The van der Waals surface area contributed by atoms with Gasteiger partial charge in [0, 0.05) is 17.8 Å². The average Bonchev–Trinajstić information content (AvgIpc) is 3.12. The van der Waals surface area contributed by atoms with E-state index in [4.69, 9.17) is 5.73 Å². The summed E-state index contributed by atoms with van der Waals surface area (Å²) in [6.07, 6.45) is 6.56. The molecule has 1 aromatic carbocycles. The predicted molar refractivity (Wildman–Crippen MR) is 68.4 cm³/mol. The molecule has 2 N–H and O–H groups in total. The van der Waals surface area contributed by atoms with Crippen molar-refractivity contribution in [3.63, 3.8) is 0 Å². The van der Waals surface area contributed by atoms with Crippen LogP contribution in [0.2, 0.25) is 0 Å². The molecule has 0 radical (unpaired) electrons. The second-order valence-electron chi connectivity index (χ2n) is 4.82. The van der Waals surface area contributed by atoms with E-state index in [1.807, 2.05) is 29.1 Å². The van der Waals surface area contributed by atoms with E-state index in [0.717, 1.165) is 18.0 Å². The lowest BCUT2D eigenvalue weighted by Gasteiger charge is -2.09. The predicted octanol–water partition coefficient (Wildman–Crippen LogP) is 2.29. The molecule has 1 fully saturated rings. The summed E-state index contributed by atoms with van der Waals surface area (Å²) in [7, 11) is 0. The summed E-state index contributed by atoms with van der Waals surface area (Å²) in [5.74, 6) is 0.722. The molecule has 0 amide bonds. The van der Waals surface area contributed by atoms with Crippen LogP contribution in [0.25, 0.3) is 11.1 Å². The Morgan fingerprint density at radius 3 is 2.71 bits per heavy atom. The molecule has 0 spiro atoms. The quantitative estimate of drug-likeness (QED) is 0.871. The van der Waals surface area contributed by atoms with Crippen molar-refractivity contribution in [2.75, 3.05) is 0 Å². The van der Waals surface area contributed by atoms with Gasteiger partial charge in [0.1, 0.15) is 0 Å². The van der Waals surface area contributed by atoms with Crippen molar-refractivity contribution in [1.29, 1.82) is 0 Å². The van der Waals surface area contributed by atoms with Gasteiger partial charge in [-0.3, -0.25) is 4.68 Å². The highest BCUT2D eigenvalue weighted by Crippen LogP contribution is 2.32. The van der Waals surface area contributed by atoms with Crippen LogP contribution < -0.4 is 5.73 Å². The Balaban J connectivity index is 1.74. The van der Waals surface area contributed by atoms with E-state index in [-0.39, 0.29) is 6.04 Å². The number of aromatic nitrogens is 2. The fraction of sp³-hybridized carbons (Fsp3) is 0.357. The van der Waals surface area contributed by atoms with Crippen LogP contribution in [-0.2, 0) is 6.54 Å². The number of benzene rings is 1. The summed E-state index contributed by atoms with van der Waals surface area (Å²) >= 11 is 0. The number of hydrogen-bond donors (Lipinski definition) is 1. The largest absolute Gasteiger partial charge is 0.326 e. The van der Waals surface area contributed by atoms with E-state index in [2.05, 4.69) is 23.4 Å². The summed E-state index contributed by atoms with van der Waals surface area (Å²) in [5, 5.41) is 4.38. The monoisotopic (exact) mass is 227 g/mol. The Morgan fingerprint density at radius 2 is 2.00 bits per heavy atom. The Labute approximate surface area is 101 Å². The van der Waals surface area contributed by atoms with Crippen LogP contribution in [0.5, 0.6) is 0 Å². The lowest BCUT2D eigenvalue weighted by molar-refractivity contribution is 0.471. The van der Waals surface area contributed by atoms with Gasteiger partial charge in [-0.1, -0.05) is 30.3 Å². The Morgan fingerprint density at radius 1 is 1.24 bits per heavy atom. The van der Waals surface area contributed by atoms with E-state index in [9.17, 15) is 0 Å². The van der Waals surface area contributed by atoms with Gasteiger partial charge in [-0.15, -0.1) is 0 Å². The molecule has 0 saturated heterocycles. The van der Waals surface area contributed by atoms with Gasteiger partial charge in [0.2, 0.25) is 0 Å². The molecule has 3 nitrogen and oxygen atoms in total. The van der Waals surface area contributed by atoms with Crippen molar-refractivity contribution >= 4 is 0 Å². The molecule has 1 aliphatic rings. The maximum Gasteiger partial charge on any atom is 0.0568 e. The fourth-order valence-corrected chi connectivity index (χ4v) is 2.13. The molecule has 1 saturated carbocycles. The summed E-state index contributed by atoms with van der Waals surface area (Å²) in [6, 6.07) is 10.6. The molecule has 88 valence electrons. The molecule has 1 aliphatic carbocycles. The first kappa shape index (κ1) is 10.5. The zero-order chi connectivity index (χ0) is 11.7. The van der Waals surface area contributed by atoms with Crippen LogP contribution in [0.15, 0.2) is 42.7 Å². The minimum atomic E-state index is 0.263. The number of nitrogens with two attached hydrogens (primary N) is 1. The zero-order valence-electron chi connectivity index (χ0n) is 9.79. The molecular weight excluding hydrogens is 210 g/mol. The van der Waals surface area contributed by atoms with E-state index >= 15 is 0 Å². The molecule has 0 aliphatic heterocycles. The minimum Gasteiger partial charge on any atom is -0.326 e. The van der Waals surface area contributed by atoms with Crippen molar-refractivity contribution in [3.05, 3.63) is 42.7 Å². The first-order valence-corrected chi connectivity index (χ1v) is 6.16. The number of nitrogens with zero attached hydrogens (tertiary/aromatic N) is 2. The van der Waals surface area contributed by atoms with Crippen molar-refractivity contribution in [2.45, 2.75) is 25.4 Å². The second kappa shape index (κ2) is 4.34. The third-order valence-electron chi connectivity index (χ3n) is 3.37. The van der Waals surface area contributed by atoms with Gasteiger partial charge in [0.25, 0.3) is 0 Å². The molecule has 1 unspecified atom stereocenters. The summed E-state index contributed by atoms with van der Waals surface area (Å²) in [5.41, 5.74) is 8.47. The molecule has 1 heterocycles. The average molecular weight is 227 g/mol. The van der Waals surface area contributed by atoms with Crippen LogP contribution in [0.1, 0.15) is 12.8 Å². The normalized spacial score (nSPS) is 17.0. The van der Waals surface area contributed by atoms with Gasteiger partial charge in [0.15, 0.2) is 0 Å². The van der Waals surface area contributed by atoms with Crippen LogP contribution in [-0.4, -0.2) is 15.8 Å². The second-order valence-corrected chi connectivity index (χ2v) is 4.82. The van der Waals surface area contributed by atoms with Crippen molar-refractivity contribution in [2.24, 2.45) is 11.7 Å². The number of hydrogen-bond acceptors (Lipinski definition) is 2. The standard InChI is InChI=1S/C14H17N3/c15-14(12-6-7-12)10-17-9-13(8-16-17)11-4-2-1-3-5-11/h1-5,8-9,12,14H,6-7,10,15H2. The third-order valence-corrected chi connectivity index (χ3v) is 3.37. The molecule has 3 heteroatoms. The molecule has 3 rings (SSSR count). The first-order valence-electron chi connectivity index (χ1n) is 6.16. The van der Waals surface area contributed by atoms with Crippen molar-refractivity contribution < 1.29 is 0 Å². The SMILES string of the molecule is NC(Cn1cc(-c2ccccc2)cn1)C1CC1. The Kier molecular flexibility index (Phi) is 2.69. The minimum absolute atomic E-state index is 0.263. The lowest BCUT2D eigenvalue weighted by Crippen LogP contribution is -2.28. The molecule has 1 atom stereocenters. The highest BCUT2D eigenvalue weighted by atomic mass is 15.3. The molecule has 1 aromatic heterocycles. The summed E-state index contributed by atoms with van der Waals surface area (Å²) < 4.78 is 1.96. The maximum atomic E-state index is 6.10. The zero-order valence-corrected chi connectivity index (χ0v) is 9.79. The van der Waals surface area contributed by atoms with Gasteiger partial charge < -0.3 is 5.73 Å². The maximum absolute atomic E-state index is 6.10. The number of rotatable bonds is 4. The molecule has 2 aromatic rings. The molecule has 0 bridgehead atoms. The molecular formula is C14H17N3. The lowest BCUT2D eigenvalue weighted by atomic mass is 10.1. The van der Waals surface area contributed by atoms with Crippen LogP contribution in [0, 0.1) is 5.92 Å². The third kappa shape index (κ3) is 2.39. The summed E-state index contributed by atoms with van der Waals surface area (Å²) in [6.45, 7) is 0.831. The van der Waals surface area contributed by atoms with E-state index < -0.39 is 0 Å². The topological polar surface area (TPSA) is 43.8 Å². The van der Waals surface area contributed by atoms with E-state index in [0.29, 0.717) is 0 Å². The Hall–Kier alpha value is -1.61. The van der Waals surface area contributed by atoms with Gasteiger partial charge >= 0.3 is 0 Å².